The quantitative estimate of drug-likeness (QED) is 0.348. The lowest BCUT2D eigenvalue weighted by molar-refractivity contribution is -0.129. The molecule has 0 aliphatic heterocycles. The van der Waals surface area contributed by atoms with E-state index in [-0.39, 0.29) is 17.9 Å². The lowest BCUT2D eigenvalue weighted by Gasteiger charge is -2.26. The van der Waals surface area contributed by atoms with Crippen molar-refractivity contribution >= 4 is 5.91 Å². The summed E-state index contributed by atoms with van der Waals surface area (Å²) in [5.41, 5.74) is 3.34. The Bertz CT molecular complexity index is 1040. The predicted molar refractivity (Wildman–Crippen MR) is 136 cm³/mol. The molecule has 0 aliphatic carbocycles. The standard InChI is InChI=1S/C29H35NO4/c1-21(2)34-26-16-12-24(13-17-26)27(28-8-6-7-9-29(28)33-5)18-19-30(22(3)31)20-23-10-14-25(32-4)15-11-23/h6-17,21,27H,18-20H2,1-5H3/t27-/m1/s1. The first-order chi connectivity index (χ1) is 16.4. The van der Waals surface area contributed by atoms with E-state index in [1.54, 1.807) is 21.1 Å². The number of amides is 1. The number of nitrogens with zero attached hydrogens (tertiary/aromatic N) is 1. The molecule has 0 radical (unpaired) electrons. The number of carbonyl (C=O) groups excluding carboxylic acids is 1. The van der Waals surface area contributed by atoms with Crippen LogP contribution in [0.5, 0.6) is 17.2 Å². The molecule has 34 heavy (non-hydrogen) atoms. The second-order valence-electron chi connectivity index (χ2n) is 8.61. The molecule has 0 saturated carbocycles. The lowest BCUT2D eigenvalue weighted by Crippen LogP contribution is -2.30. The molecule has 180 valence electrons. The Morgan fingerprint density at radius 3 is 2.09 bits per heavy atom. The SMILES string of the molecule is COc1ccc(CN(CC[C@H](c2ccc(OC(C)C)cc2)c2ccccc2OC)C(C)=O)cc1. The first-order valence-electron chi connectivity index (χ1n) is 11.7. The van der Waals surface area contributed by atoms with Crippen LogP contribution < -0.4 is 14.2 Å². The largest absolute Gasteiger partial charge is 0.497 e. The number of benzene rings is 3. The number of rotatable bonds is 11. The second kappa shape index (κ2) is 12.1. The van der Waals surface area contributed by atoms with E-state index in [1.807, 2.05) is 73.3 Å². The topological polar surface area (TPSA) is 48.0 Å². The highest BCUT2D eigenvalue weighted by Gasteiger charge is 2.21. The van der Waals surface area contributed by atoms with Gasteiger partial charge in [0.1, 0.15) is 17.2 Å². The Balaban J connectivity index is 1.84. The molecule has 0 spiro atoms. The Labute approximate surface area is 203 Å². The number of hydrogen-bond acceptors (Lipinski definition) is 4. The monoisotopic (exact) mass is 461 g/mol. The molecule has 0 fully saturated rings. The molecule has 0 aromatic heterocycles. The molecule has 0 bridgehead atoms. The third kappa shape index (κ3) is 6.77. The van der Waals surface area contributed by atoms with E-state index in [4.69, 9.17) is 14.2 Å². The summed E-state index contributed by atoms with van der Waals surface area (Å²) >= 11 is 0. The van der Waals surface area contributed by atoms with Gasteiger partial charge in [0.05, 0.1) is 20.3 Å². The molecule has 3 rings (SSSR count). The molecule has 0 aliphatic rings. The second-order valence-corrected chi connectivity index (χ2v) is 8.61. The van der Waals surface area contributed by atoms with Crippen LogP contribution in [0, 0.1) is 0 Å². The van der Waals surface area contributed by atoms with Gasteiger partial charge < -0.3 is 19.1 Å². The normalized spacial score (nSPS) is 11.7. The minimum atomic E-state index is 0.0512. The van der Waals surface area contributed by atoms with E-state index in [1.165, 1.54) is 0 Å². The maximum atomic E-state index is 12.5. The number of para-hydroxylation sites is 1. The van der Waals surface area contributed by atoms with Crippen LogP contribution in [0.25, 0.3) is 0 Å². The van der Waals surface area contributed by atoms with Crippen LogP contribution in [0.2, 0.25) is 0 Å². The summed E-state index contributed by atoms with van der Waals surface area (Å²) in [5, 5.41) is 0. The van der Waals surface area contributed by atoms with Gasteiger partial charge >= 0.3 is 0 Å². The van der Waals surface area contributed by atoms with Crippen molar-refractivity contribution in [2.45, 2.75) is 45.8 Å². The van der Waals surface area contributed by atoms with Gasteiger partial charge in [0, 0.05) is 31.5 Å². The molecular weight excluding hydrogens is 426 g/mol. The van der Waals surface area contributed by atoms with E-state index in [2.05, 4.69) is 18.2 Å². The van der Waals surface area contributed by atoms with Gasteiger partial charge in [0.2, 0.25) is 5.91 Å². The first-order valence-corrected chi connectivity index (χ1v) is 11.7. The average molecular weight is 462 g/mol. The van der Waals surface area contributed by atoms with Crippen molar-refractivity contribution in [3.63, 3.8) is 0 Å². The van der Waals surface area contributed by atoms with Crippen molar-refractivity contribution in [2.75, 3.05) is 20.8 Å². The van der Waals surface area contributed by atoms with Crippen molar-refractivity contribution in [1.29, 1.82) is 0 Å². The van der Waals surface area contributed by atoms with Gasteiger partial charge in [0.15, 0.2) is 0 Å². The number of methoxy groups -OCH3 is 2. The highest BCUT2D eigenvalue weighted by molar-refractivity contribution is 5.73. The van der Waals surface area contributed by atoms with Crippen LogP contribution in [0.1, 0.15) is 49.8 Å². The van der Waals surface area contributed by atoms with Crippen LogP contribution >= 0.6 is 0 Å². The fourth-order valence-corrected chi connectivity index (χ4v) is 4.09. The van der Waals surface area contributed by atoms with Crippen molar-refractivity contribution in [2.24, 2.45) is 0 Å². The molecule has 0 unspecified atom stereocenters. The Morgan fingerprint density at radius 2 is 1.50 bits per heavy atom. The van der Waals surface area contributed by atoms with E-state index < -0.39 is 0 Å². The molecule has 1 amide bonds. The van der Waals surface area contributed by atoms with E-state index in [9.17, 15) is 4.79 Å². The van der Waals surface area contributed by atoms with Gasteiger partial charge in [0.25, 0.3) is 0 Å². The van der Waals surface area contributed by atoms with E-state index in [0.717, 1.165) is 40.4 Å². The molecule has 3 aromatic carbocycles. The molecule has 5 heteroatoms. The van der Waals surface area contributed by atoms with Gasteiger partial charge in [-0.1, -0.05) is 42.5 Å². The van der Waals surface area contributed by atoms with Crippen molar-refractivity contribution in [3.05, 3.63) is 89.5 Å². The molecule has 0 N–H and O–H groups in total. The third-order valence-corrected chi connectivity index (χ3v) is 5.83. The Hall–Kier alpha value is -3.47. The van der Waals surface area contributed by atoms with Crippen molar-refractivity contribution in [1.82, 2.24) is 4.90 Å². The fourth-order valence-electron chi connectivity index (χ4n) is 4.09. The van der Waals surface area contributed by atoms with Crippen LogP contribution in [-0.4, -0.2) is 37.7 Å². The minimum Gasteiger partial charge on any atom is -0.497 e. The van der Waals surface area contributed by atoms with Gasteiger partial charge in [-0.05, 0) is 61.7 Å². The summed E-state index contributed by atoms with van der Waals surface area (Å²) in [6.45, 7) is 6.84. The van der Waals surface area contributed by atoms with Crippen LogP contribution in [0.3, 0.4) is 0 Å². The maximum Gasteiger partial charge on any atom is 0.219 e. The summed E-state index contributed by atoms with van der Waals surface area (Å²) < 4.78 is 16.8. The van der Waals surface area contributed by atoms with E-state index >= 15 is 0 Å². The zero-order valence-electron chi connectivity index (χ0n) is 20.8. The summed E-state index contributed by atoms with van der Waals surface area (Å²) in [5.74, 6) is 2.62. The molecular formula is C29H35NO4. The fraction of sp³-hybridized carbons (Fsp3) is 0.345. The smallest absolute Gasteiger partial charge is 0.219 e. The minimum absolute atomic E-state index is 0.0512. The highest BCUT2D eigenvalue weighted by atomic mass is 16.5. The average Bonchev–Trinajstić information content (AvgIpc) is 2.84. The summed E-state index contributed by atoms with van der Waals surface area (Å²) in [6, 6.07) is 24.2. The third-order valence-electron chi connectivity index (χ3n) is 5.83. The van der Waals surface area contributed by atoms with Gasteiger partial charge in [-0.15, -0.1) is 0 Å². The van der Waals surface area contributed by atoms with Crippen LogP contribution in [0.4, 0.5) is 0 Å². The summed E-state index contributed by atoms with van der Waals surface area (Å²) in [7, 11) is 3.34. The molecule has 0 heterocycles. The van der Waals surface area contributed by atoms with E-state index in [0.29, 0.717) is 13.1 Å². The van der Waals surface area contributed by atoms with Gasteiger partial charge in [-0.3, -0.25) is 4.79 Å². The zero-order valence-corrected chi connectivity index (χ0v) is 20.8. The Kier molecular flexibility index (Phi) is 8.97. The highest BCUT2D eigenvalue weighted by Crippen LogP contribution is 2.35. The zero-order chi connectivity index (χ0) is 24.5. The van der Waals surface area contributed by atoms with Gasteiger partial charge in [-0.25, -0.2) is 0 Å². The maximum absolute atomic E-state index is 12.5. The van der Waals surface area contributed by atoms with Gasteiger partial charge in [-0.2, -0.15) is 0 Å². The summed E-state index contributed by atoms with van der Waals surface area (Å²) in [4.78, 5) is 14.4. The molecule has 1 atom stereocenters. The van der Waals surface area contributed by atoms with Crippen molar-refractivity contribution < 1.29 is 19.0 Å². The number of carbonyl (C=O) groups is 1. The lowest BCUT2D eigenvalue weighted by atomic mass is 9.87. The first kappa shape index (κ1) is 25.2. The summed E-state index contributed by atoms with van der Waals surface area (Å²) in [6.07, 6.45) is 0.887. The Morgan fingerprint density at radius 1 is 0.853 bits per heavy atom. The number of hydrogen-bond donors (Lipinski definition) is 0. The van der Waals surface area contributed by atoms with Crippen LogP contribution in [-0.2, 0) is 11.3 Å². The van der Waals surface area contributed by atoms with Crippen molar-refractivity contribution in [3.8, 4) is 17.2 Å². The molecule has 3 aromatic rings. The molecule has 5 nitrogen and oxygen atoms in total. The van der Waals surface area contributed by atoms with Crippen LogP contribution in [0.15, 0.2) is 72.8 Å². The molecule has 0 saturated heterocycles. The number of ether oxygens (including phenoxy) is 3. The predicted octanol–water partition coefficient (Wildman–Crippen LogP) is 6.06.